The summed E-state index contributed by atoms with van der Waals surface area (Å²) in [6.45, 7) is 0.287. The summed E-state index contributed by atoms with van der Waals surface area (Å²) in [5.74, 6) is -0.484. The van der Waals surface area contributed by atoms with Crippen LogP contribution in [-0.2, 0) is 35.2 Å². The molecule has 2 heterocycles. The van der Waals surface area contributed by atoms with Gasteiger partial charge in [-0.15, -0.1) is 11.8 Å². The summed E-state index contributed by atoms with van der Waals surface area (Å²) in [7, 11) is 0. The Bertz CT molecular complexity index is 844. The van der Waals surface area contributed by atoms with E-state index in [9.17, 15) is 22.4 Å². The molecule has 1 aliphatic rings. The number of hydrogen-bond donors (Lipinski definition) is 1. The number of hydrogen-bond acceptors (Lipinski definition) is 5. The fourth-order valence-electron chi connectivity index (χ4n) is 2.67. The highest BCUT2D eigenvalue weighted by atomic mass is 32.2. The average molecular weight is 415 g/mol. The van der Waals surface area contributed by atoms with Crippen LogP contribution in [0.1, 0.15) is 22.8 Å². The largest absolute Gasteiger partial charge is 0.433 e. The van der Waals surface area contributed by atoms with Crippen LogP contribution in [0.4, 0.5) is 17.6 Å². The average Bonchev–Trinajstić information content (AvgIpc) is 2.66. The van der Waals surface area contributed by atoms with Gasteiger partial charge in [0.2, 0.25) is 5.91 Å². The molecule has 10 heteroatoms. The number of halogens is 4. The van der Waals surface area contributed by atoms with Crippen molar-refractivity contribution in [3.63, 3.8) is 0 Å². The highest BCUT2D eigenvalue weighted by Gasteiger charge is 2.38. The van der Waals surface area contributed by atoms with E-state index in [-0.39, 0.29) is 48.4 Å². The van der Waals surface area contributed by atoms with Gasteiger partial charge in [-0.3, -0.25) is 4.79 Å². The highest BCUT2D eigenvalue weighted by molar-refractivity contribution is 8.00. The molecule has 3 rings (SSSR count). The van der Waals surface area contributed by atoms with Gasteiger partial charge in [0.25, 0.3) is 0 Å². The molecule has 1 aromatic heterocycles. The van der Waals surface area contributed by atoms with Gasteiger partial charge in [-0.2, -0.15) is 13.2 Å². The molecule has 1 amide bonds. The van der Waals surface area contributed by atoms with Gasteiger partial charge in [-0.05, 0) is 24.3 Å². The van der Waals surface area contributed by atoms with E-state index in [0.717, 1.165) is 4.90 Å². The molecule has 0 saturated carbocycles. The van der Waals surface area contributed by atoms with Gasteiger partial charge in [0, 0.05) is 29.8 Å². The summed E-state index contributed by atoms with van der Waals surface area (Å²) >= 11 is 1.24. The van der Waals surface area contributed by atoms with Gasteiger partial charge < -0.3 is 10.1 Å². The Kier molecular flexibility index (Phi) is 6.50. The van der Waals surface area contributed by atoms with Gasteiger partial charge in [0.05, 0.1) is 24.7 Å². The van der Waals surface area contributed by atoms with Crippen LogP contribution in [0.15, 0.2) is 29.2 Å². The molecule has 0 spiro atoms. The van der Waals surface area contributed by atoms with E-state index in [0.29, 0.717) is 18.7 Å². The van der Waals surface area contributed by atoms with E-state index >= 15 is 0 Å². The number of nitrogens with one attached hydrogen (secondary N) is 1. The first-order valence-electron chi connectivity index (χ1n) is 8.51. The molecule has 0 atom stereocenters. The maximum atomic E-state index is 13.3. The number of fused-ring (bicyclic) bond motifs is 1. The predicted octanol–water partition coefficient (Wildman–Crippen LogP) is 3.16. The van der Waals surface area contributed by atoms with Crippen molar-refractivity contribution < 1.29 is 27.1 Å². The third-order valence-corrected chi connectivity index (χ3v) is 5.00. The van der Waals surface area contributed by atoms with Crippen molar-refractivity contribution in [2.24, 2.45) is 0 Å². The minimum atomic E-state index is -4.59. The Hall–Kier alpha value is -2.20. The van der Waals surface area contributed by atoms with Gasteiger partial charge >= 0.3 is 6.18 Å². The second-order valence-corrected chi connectivity index (χ2v) is 7.11. The highest BCUT2D eigenvalue weighted by Crippen LogP contribution is 2.33. The quantitative estimate of drug-likeness (QED) is 0.580. The van der Waals surface area contributed by atoms with E-state index in [1.165, 1.54) is 23.9 Å². The zero-order valence-corrected chi connectivity index (χ0v) is 15.5. The summed E-state index contributed by atoms with van der Waals surface area (Å²) in [6.07, 6.45) is -4.20. The number of thioether (sulfide) groups is 1. The standard InChI is InChI=1S/C18H17F4N3O2S/c19-11-1-3-12(4-2-11)28-10-16(26)23-7-5-15-24-14-6-8-27-9-13(14)17(25-15)18(20,21)22/h1-4H,5-10H2,(H,23,26). The third-order valence-electron chi connectivity index (χ3n) is 3.99. The molecule has 2 aromatic rings. The zero-order chi connectivity index (χ0) is 20.1. The molecule has 1 aromatic carbocycles. The first kappa shape index (κ1) is 20.5. The number of nitrogens with zero attached hydrogens (tertiary/aromatic N) is 2. The fraction of sp³-hybridized carbons (Fsp3) is 0.389. The Morgan fingerprint density at radius 2 is 1.96 bits per heavy atom. The second-order valence-electron chi connectivity index (χ2n) is 6.06. The van der Waals surface area contributed by atoms with Crippen LogP contribution in [0, 0.1) is 5.82 Å². The van der Waals surface area contributed by atoms with E-state index in [4.69, 9.17) is 4.74 Å². The summed E-state index contributed by atoms with van der Waals surface area (Å²) in [5.41, 5.74) is -0.630. The second kappa shape index (κ2) is 8.87. The van der Waals surface area contributed by atoms with E-state index < -0.39 is 11.9 Å². The van der Waals surface area contributed by atoms with Crippen LogP contribution in [0.2, 0.25) is 0 Å². The number of benzene rings is 1. The Morgan fingerprint density at radius 1 is 1.21 bits per heavy atom. The topological polar surface area (TPSA) is 64.1 Å². The SMILES string of the molecule is O=C(CSc1ccc(F)cc1)NCCc1nc2c(c(C(F)(F)F)n1)COCC2. The van der Waals surface area contributed by atoms with Gasteiger partial charge in [0.1, 0.15) is 11.6 Å². The Balaban J connectivity index is 1.55. The first-order chi connectivity index (χ1) is 13.3. The monoisotopic (exact) mass is 415 g/mol. The van der Waals surface area contributed by atoms with Crippen LogP contribution in [0.25, 0.3) is 0 Å². The van der Waals surface area contributed by atoms with Crippen molar-refractivity contribution in [1.29, 1.82) is 0 Å². The van der Waals surface area contributed by atoms with Gasteiger partial charge in [0.15, 0.2) is 5.69 Å². The minimum absolute atomic E-state index is 0.0118. The number of ether oxygens (including phenoxy) is 1. The molecule has 0 radical (unpaired) electrons. The van der Waals surface area contributed by atoms with E-state index in [2.05, 4.69) is 15.3 Å². The minimum Gasteiger partial charge on any atom is -0.376 e. The summed E-state index contributed by atoms with van der Waals surface area (Å²) in [4.78, 5) is 20.5. The molecular formula is C18H17F4N3O2S. The fourth-order valence-corrected chi connectivity index (χ4v) is 3.40. The molecule has 0 saturated heterocycles. The summed E-state index contributed by atoms with van der Waals surface area (Å²) in [5, 5.41) is 2.63. The number of rotatable bonds is 6. The predicted molar refractivity (Wildman–Crippen MR) is 94.2 cm³/mol. The molecule has 0 aliphatic carbocycles. The maximum Gasteiger partial charge on any atom is 0.433 e. The van der Waals surface area contributed by atoms with Gasteiger partial charge in [-0.1, -0.05) is 0 Å². The first-order valence-corrected chi connectivity index (χ1v) is 9.50. The Labute approximate surface area is 162 Å². The lowest BCUT2D eigenvalue weighted by Crippen LogP contribution is -2.29. The zero-order valence-electron chi connectivity index (χ0n) is 14.7. The van der Waals surface area contributed by atoms with Crippen LogP contribution in [0.3, 0.4) is 0 Å². The number of carbonyl (C=O) groups is 1. The lowest BCUT2D eigenvalue weighted by molar-refractivity contribution is -0.143. The molecule has 150 valence electrons. The van der Waals surface area contributed by atoms with Crippen LogP contribution >= 0.6 is 11.8 Å². The number of amides is 1. The van der Waals surface area contributed by atoms with Crippen molar-refractivity contribution in [3.8, 4) is 0 Å². The molecule has 0 bridgehead atoms. The molecule has 5 nitrogen and oxygen atoms in total. The van der Waals surface area contributed by atoms with E-state index in [1.54, 1.807) is 12.1 Å². The number of carbonyl (C=O) groups excluding carboxylic acids is 1. The number of aromatic nitrogens is 2. The lowest BCUT2D eigenvalue weighted by Gasteiger charge is -2.20. The molecule has 0 unspecified atom stereocenters. The van der Waals surface area contributed by atoms with Crippen LogP contribution < -0.4 is 5.32 Å². The van der Waals surface area contributed by atoms with Crippen LogP contribution in [-0.4, -0.2) is 34.8 Å². The maximum absolute atomic E-state index is 13.3. The molecule has 1 aliphatic heterocycles. The summed E-state index contributed by atoms with van der Waals surface area (Å²) in [6, 6.07) is 5.74. The van der Waals surface area contributed by atoms with Crippen LogP contribution in [0.5, 0.6) is 0 Å². The Morgan fingerprint density at radius 3 is 2.68 bits per heavy atom. The number of alkyl halides is 3. The molecule has 0 fully saturated rings. The van der Waals surface area contributed by atoms with Crippen molar-refractivity contribution in [2.45, 2.75) is 30.5 Å². The van der Waals surface area contributed by atoms with E-state index in [1.807, 2.05) is 0 Å². The molecule has 1 N–H and O–H groups in total. The smallest absolute Gasteiger partial charge is 0.376 e. The molecular weight excluding hydrogens is 398 g/mol. The van der Waals surface area contributed by atoms with Crippen molar-refractivity contribution in [2.75, 3.05) is 18.9 Å². The van der Waals surface area contributed by atoms with Crippen molar-refractivity contribution in [3.05, 3.63) is 52.9 Å². The third kappa shape index (κ3) is 5.41. The van der Waals surface area contributed by atoms with Gasteiger partial charge in [-0.25, -0.2) is 14.4 Å². The van der Waals surface area contributed by atoms with Crippen molar-refractivity contribution in [1.82, 2.24) is 15.3 Å². The normalized spacial score (nSPS) is 13.9. The molecule has 28 heavy (non-hydrogen) atoms. The summed E-state index contributed by atoms with van der Waals surface area (Å²) < 4.78 is 57.7. The lowest BCUT2D eigenvalue weighted by atomic mass is 10.1. The van der Waals surface area contributed by atoms with Crippen molar-refractivity contribution >= 4 is 17.7 Å².